The van der Waals surface area contributed by atoms with Gasteiger partial charge in [-0.1, -0.05) is 0 Å². The first-order chi connectivity index (χ1) is 13.9. The number of hydrogen-bond donors (Lipinski definition) is 3. The van der Waals surface area contributed by atoms with E-state index in [1.54, 1.807) is 18.2 Å². The number of aromatic nitrogens is 1. The Morgan fingerprint density at radius 3 is 2.52 bits per heavy atom. The van der Waals surface area contributed by atoms with E-state index in [9.17, 15) is 18.8 Å². The molecule has 0 aliphatic carbocycles. The van der Waals surface area contributed by atoms with Gasteiger partial charge in [0.2, 0.25) is 5.91 Å². The number of aromatic amines is 1. The number of esters is 1. The zero-order valence-corrected chi connectivity index (χ0v) is 16.0. The molecule has 3 rings (SSSR count). The lowest BCUT2D eigenvalue weighted by Crippen LogP contribution is -2.30. The molecule has 1 heterocycles. The number of carbonyl (C=O) groups is 3. The Morgan fingerprint density at radius 2 is 1.83 bits per heavy atom. The molecule has 29 heavy (non-hydrogen) atoms. The third-order valence-corrected chi connectivity index (χ3v) is 4.47. The Hall–Kier alpha value is -3.68. The molecule has 0 radical (unpaired) electrons. The van der Waals surface area contributed by atoms with E-state index in [-0.39, 0.29) is 24.7 Å². The number of halogens is 1. The summed E-state index contributed by atoms with van der Waals surface area (Å²) < 4.78 is 18.0. The highest BCUT2D eigenvalue weighted by atomic mass is 19.1. The third kappa shape index (κ3) is 4.78. The number of hydrogen-bond acceptors (Lipinski definition) is 4. The van der Waals surface area contributed by atoms with E-state index in [2.05, 4.69) is 20.4 Å². The first kappa shape index (κ1) is 20.1. The van der Waals surface area contributed by atoms with Crippen LogP contribution < -0.4 is 10.6 Å². The van der Waals surface area contributed by atoms with Gasteiger partial charge in [0.1, 0.15) is 12.4 Å². The van der Waals surface area contributed by atoms with E-state index in [0.717, 1.165) is 16.8 Å². The highest BCUT2D eigenvalue weighted by Crippen LogP contribution is 2.24. The molecule has 1 aromatic heterocycles. The number of nitrogens with one attached hydrogen (secondary N) is 3. The quantitative estimate of drug-likeness (QED) is 0.557. The van der Waals surface area contributed by atoms with Crippen molar-refractivity contribution < 1.29 is 23.5 Å². The molecule has 0 aliphatic rings. The van der Waals surface area contributed by atoms with Gasteiger partial charge in [0.15, 0.2) is 0 Å². The molecule has 0 aliphatic heterocycles. The van der Waals surface area contributed by atoms with Crippen molar-refractivity contribution in [3.8, 4) is 0 Å². The standard InChI is InChI=1S/C21H20FN3O4/c1-12-16(17-9-14(22)5-8-18(17)24-12)10-19(26)25-15-6-3-13(4-7-15)21(28)23-11-20(27)29-2/h3-9,24H,10-11H2,1-2H3,(H,23,28)(H,25,26). The molecule has 8 heteroatoms. The van der Waals surface area contributed by atoms with Crippen LogP contribution in [-0.2, 0) is 20.7 Å². The maximum absolute atomic E-state index is 13.6. The summed E-state index contributed by atoms with van der Waals surface area (Å²) in [5, 5.41) is 5.87. The fraction of sp³-hybridized carbons (Fsp3) is 0.190. The first-order valence-corrected chi connectivity index (χ1v) is 8.89. The number of anilines is 1. The van der Waals surface area contributed by atoms with E-state index < -0.39 is 11.9 Å². The maximum atomic E-state index is 13.6. The summed E-state index contributed by atoms with van der Waals surface area (Å²) in [5.74, 6) is -1.60. The van der Waals surface area contributed by atoms with Crippen molar-refractivity contribution in [2.24, 2.45) is 0 Å². The lowest BCUT2D eigenvalue weighted by Gasteiger charge is -2.08. The predicted octanol–water partition coefficient (Wildman–Crippen LogP) is 2.70. The van der Waals surface area contributed by atoms with Crippen LogP contribution in [0.3, 0.4) is 0 Å². The van der Waals surface area contributed by atoms with Crippen LogP contribution in [0.5, 0.6) is 0 Å². The minimum atomic E-state index is -0.547. The Balaban J connectivity index is 1.64. The molecule has 2 aromatic carbocycles. The molecule has 3 N–H and O–H groups in total. The van der Waals surface area contributed by atoms with Crippen LogP contribution in [0, 0.1) is 12.7 Å². The maximum Gasteiger partial charge on any atom is 0.325 e. The third-order valence-electron chi connectivity index (χ3n) is 4.47. The summed E-state index contributed by atoms with van der Waals surface area (Å²) in [4.78, 5) is 38.6. The van der Waals surface area contributed by atoms with Gasteiger partial charge in [0, 0.05) is 27.8 Å². The SMILES string of the molecule is COC(=O)CNC(=O)c1ccc(NC(=O)Cc2c(C)[nH]c3ccc(F)cc23)cc1. The molecule has 0 saturated carbocycles. The lowest BCUT2D eigenvalue weighted by atomic mass is 10.1. The van der Waals surface area contributed by atoms with Gasteiger partial charge in [-0.2, -0.15) is 0 Å². The molecule has 2 amide bonds. The summed E-state index contributed by atoms with van der Waals surface area (Å²) in [7, 11) is 1.24. The predicted molar refractivity (Wildman–Crippen MR) is 106 cm³/mol. The van der Waals surface area contributed by atoms with Gasteiger partial charge < -0.3 is 20.4 Å². The van der Waals surface area contributed by atoms with Crippen LogP contribution >= 0.6 is 0 Å². The summed E-state index contributed by atoms with van der Waals surface area (Å²) >= 11 is 0. The van der Waals surface area contributed by atoms with Gasteiger partial charge in [-0.25, -0.2) is 4.39 Å². The zero-order chi connectivity index (χ0) is 21.0. The highest BCUT2D eigenvalue weighted by Gasteiger charge is 2.14. The number of rotatable bonds is 6. The smallest absolute Gasteiger partial charge is 0.325 e. The number of amides is 2. The first-order valence-electron chi connectivity index (χ1n) is 8.89. The largest absolute Gasteiger partial charge is 0.468 e. The number of benzene rings is 2. The Bertz CT molecular complexity index is 1070. The lowest BCUT2D eigenvalue weighted by molar-refractivity contribution is -0.139. The fourth-order valence-corrected chi connectivity index (χ4v) is 2.98. The van der Waals surface area contributed by atoms with E-state index in [1.807, 2.05) is 6.92 Å². The van der Waals surface area contributed by atoms with Crippen LogP contribution in [0.4, 0.5) is 10.1 Å². The molecule has 0 unspecified atom stereocenters. The van der Waals surface area contributed by atoms with Crippen molar-refractivity contribution in [1.82, 2.24) is 10.3 Å². The zero-order valence-electron chi connectivity index (χ0n) is 16.0. The molecule has 0 saturated heterocycles. The van der Waals surface area contributed by atoms with Crippen molar-refractivity contribution in [3.63, 3.8) is 0 Å². The van der Waals surface area contributed by atoms with E-state index in [1.165, 1.54) is 31.4 Å². The summed E-state index contributed by atoms with van der Waals surface area (Å²) in [5.41, 5.74) is 3.17. The molecule has 7 nitrogen and oxygen atoms in total. The van der Waals surface area contributed by atoms with Gasteiger partial charge in [-0.15, -0.1) is 0 Å². The Morgan fingerprint density at radius 1 is 1.10 bits per heavy atom. The van der Waals surface area contributed by atoms with Crippen molar-refractivity contribution in [2.45, 2.75) is 13.3 Å². The second-order valence-electron chi connectivity index (χ2n) is 6.48. The van der Waals surface area contributed by atoms with Gasteiger partial charge in [0.05, 0.1) is 13.5 Å². The molecule has 0 bridgehead atoms. The van der Waals surface area contributed by atoms with Crippen molar-refractivity contribution in [2.75, 3.05) is 19.0 Å². The second kappa shape index (κ2) is 8.55. The molecule has 150 valence electrons. The number of fused-ring (bicyclic) bond motifs is 1. The summed E-state index contributed by atoms with van der Waals surface area (Å²) in [6.45, 7) is 1.61. The topological polar surface area (TPSA) is 100 Å². The van der Waals surface area contributed by atoms with E-state index in [0.29, 0.717) is 16.6 Å². The molecule has 3 aromatic rings. The van der Waals surface area contributed by atoms with Gasteiger partial charge >= 0.3 is 5.97 Å². The van der Waals surface area contributed by atoms with Crippen LogP contribution in [-0.4, -0.2) is 36.4 Å². The summed E-state index contributed by atoms with van der Waals surface area (Å²) in [6.07, 6.45) is 0.0800. The van der Waals surface area contributed by atoms with Crippen molar-refractivity contribution in [1.29, 1.82) is 0 Å². The van der Waals surface area contributed by atoms with E-state index >= 15 is 0 Å². The Labute approximate surface area is 166 Å². The normalized spacial score (nSPS) is 10.6. The average molecular weight is 397 g/mol. The molecular formula is C21H20FN3O4. The van der Waals surface area contributed by atoms with Gasteiger partial charge in [-0.05, 0) is 55.0 Å². The van der Waals surface area contributed by atoms with Gasteiger partial charge in [-0.3, -0.25) is 14.4 Å². The number of aryl methyl sites for hydroxylation is 1. The van der Waals surface area contributed by atoms with Crippen LogP contribution in [0.15, 0.2) is 42.5 Å². The number of methoxy groups -OCH3 is 1. The number of carbonyl (C=O) groups excluding carboxylic acids is 3. The summed E-state index contributed by atoms with van der Waals surface area (Å²) in [6, 6.07) is 10.7. The minimum absolute atomic E-state index is 0.0800. The van der Waals surface area contributed by atoms with Crippen molar-refractivity contribution >= 4 is 34.4 Å². The van der Waals surface area contributed by atoms with E-state index in [4.69, 9.17) is 0 Å². The van der Waals surface area contributed by atoms with Crippen molar-refractivity contribution in [3.05, 3.63) is 65.1 Å². The minimum Gasteiger partial charge on any atom is -0.468 e. The van der Waals surface area contributed by atoms with Crippen LogP contribution in [0.25, 0.3) is 10.9 Å². The molecular weight excluding hydrogens is 377 g/mol. The second-order valence-corrected chi connectivity index (χ2v) is 6.48. The van der Waals surface area contributed by atoms with Crippen LogP contribution in [0.1, 0.15) is 21.6 Å². The number of H-pyrrole nitrogens is 1. The Kier molecular flexibility index (Phi) is 5.92. The van der Waals surface area contributed by atoms with Crippen LogP contribution in [0.2, 0.25) is 0 Å². The monoisotopic (exact) mass is 397 g/mol. The molecule has 0 spiro atoms. The average Bonchev–Trinajstić information content (AvgIpc) is 3.01. The molecule has 0 atom stereocenters. The number of ether oxygens (including phenoxy) is 1. The van der Waals surface area contributed by atoms with Gasteiger partial charge in [0.25, 0.3) is 5.91 Å². The highest BCUT2D eigenvalue weighted by molar-refractivity contribution is 5.98. The fourth-order valence-electron chi connectivity index (χ4n) is 2.98. The molecule has 0 fully saturated rings.